The smallest absolute Gasteiger partial charge is 0.243 e. The predicted molar refractivity (Wildman–Crippen MR) is 84.5 cm³/mol. The molecule has 0 bridgehead atoms. The van der Waals surface area contributed by atoms with Gasteiger partial charge < -0.3 is 5.32 Å². The summed E-state index contributed by atoms with van der Waals surface area (Å²) in [5, 5.41) is 3.25. The lowest BCUT2D eigenvalue weighted by molar-refractivity contribution is 0.302. The van der Waals surface area contributed by atoms with Gasteiger partial charge >= 0.3 is 0 Å². The zero-order valence-corrected chi connectivity index (χ0v) is 14.0. The van der Waals surface area contributed by atoms with Gasteiger partial charge in [0.2, 0.25) is 10.0 Å². The molecule has 0 aliphatic rings. The molecule has 0 unspecified atom stereocenters. The van der Waals surface area contributed by atoms with E-state index in [2.05, 4.69) is 5.32 Å². The lowest BCUT2D eigenvalue weighted by Crippen LogP contribution is -2.41. The second kappa shape index (κ2) is 6.59. The molecule has 0 aliphatic heterocycles. The minimum atomic E-state index is -3.44. The van der Waals surface area contributed by atoms with Gasteiger partial charge in [-0.05, 0) is 65.8 Å². The number of hydrogen-bond acceptors (Lipinski definition) is 3. The molecular weight excluding hydrogens is 272 g/mol. The van der Waals surface area contributed by atoms with Crippen molar-refractivity contribution in [1.29, 1.82) is 0 Å². The van der Waals surface area contributed by atoms with Crippen LogP contribution in [0.15, 0.2) is 29.2 Å². The SMILES string of the molecule is CC(C)Nc1ccc(S(=O)(=O)N(C(C)C)C(C)C)cc1. The number of nitrogens with zero attached hydrogens (tertiary/aromatic N) is 1. The first-order valence-corrected chi connectivity index (χ1v) is 8.50. The molecule has 1 N–H and O–H groups in total. The second-order valence-electron chi connectivity index (χ2n) is 5.85. The molecule has 0 radical (unpaired) electrons. The molecule has 0 saturated carbocycles. The van der Waals surface area contributed by atoms with Crippen LogP contribution in [0.1, 0.15) is 41.5 Å². The summed E-state index contributed by atoms with van der Waals surface area (Å²) in [4.78, 5) is 0.342. The van der Waals surface area contributed by atoms with E-state index in [1.165, 1.54) is 4.31 Å². The van der Waals surface area contributed by atoms with Crippen molar-refractivity contribution in [2.75, 3.05) is 5.32 Å². The highest BCUT2D eigenvalue weighted by molar-refractivity contribution is 7.89. The van der Waals surface area contributed by atoms with Crippen LogP contribution in [0.25, 0.3) is 0 Å². The maximum absolute atomic E-state index is 12.7. The van der Waals surface area contributed by atoms with Gasteiger partial charge in [-0.15, -0.1) is 0 Å². The van der Waals surface area contributed by atoms with Crippen molar-refractivity contribution >= 4 is 15.7 Å². The van der Waals surface area contributed by atoms with Gasteiger partial charge in [-0.1, -0.05) is 0 Å². The fourth-order valence-electron chi connectivity index (χ4n) is 2.33. The van der Waals surface area contributed by atoms with E-state index in [1.54, 1.807) is 12.1 Å². The standard InChI is InChI=1S/C15H26N2O2S/c1-11(2)16-14-7-9-15(10-8-14)20(18,19)17(12(3)4)13(5)6/h7-13,16H,1-6H3. The van der Waals surface area contributed by atoms with Gasteiger partial charge in [-0.2, -0.15) is 4.31 Å². The quantitative estimate of drug-likeness (QED) is 0.876. The molecule has 0 heterocycles. The third kappa shape index (κ3) is 3.96. The van der Waals surface area contributed by atoms with E-state index in [1.807, 2.05) is 53.7 Å². The third-order valence-corrected chi connectivity index (χ3v) is 5.17. The van der Waals surface area contributed by atoms with Crippen molar-refractivity contribution in [3.8, 4) is 0 Å². The number of nitrogens with one attached hydrogen (secondary N) is 1. The van der Waals surface area contributed by atoms with Gasteiger partial charge in [-0.3, -0.25) is 0 Å². The molecule has 0 spiro atoms. The van der Waals surface area contributed by atoms with Crippen LogP contribution in [0.2, 0.25) is 0 Å². The Morgan fingerprint density at radius 1 is 0.900 bits per heavy atom. The fraction of sp³-hybridized carbons (Fsp3) is 0.600. The van der Waals surface area contributed by atoms with Gasteiger partial charge in [0.1, 0.15) is 0 Å². The normalized spacial score (nSPS) is 12.7. The van der Waals surface area contributed by atoms with E-state index >= 15 is 0 Å². The van der Waals surface area contributed by atoms with Crippen molar-refractivity contribution in [1.82, 2.24) is 4.31 Å². The molecule has 1 aromatic rings. The molecule has 0 aliphatic carbocycles. The summed E-state index contributed by atoms with van der Waals surface area (Å²) < 4.78 is 26.8. The van der Waals surface area contributed by atoms with Crippen LogP contribution in [-0.4, -0.2) is 30.8 Å². The Morgan fingerprint density at radius 3 is 1.70 bits per heavy atom. The van der Waals surface area contributed by atoms with Gasteiger partial charge in [0, 0.05) is 23.8 Å². The maximum Gasteiger partial charge on any atom is 0.243 e. The van der Waals surface area contributed by atoms with Crippen LogP contribution < -0.4 is 5.32 Å². The van der Waals surface area contributed by atoms with Gasteiger partial charge in [-0.25, -0.2) is 8.42 Å². The van der Waals surface area contributed by atoms with Crippen LogP contribution >= 0.6 is 0 Å². The molecule has 0 aromatic heterocycles. The molecule has 0 fully saturated rings. The van der Waals surface area contributed by atoms with Crippen LogP contribution in [0.5, 0.6) is 0 Å². The largest absolute Gasteiger partial charge is 0.383 e. The lowest BCUT2D eigenvalue weighted by atomic mass is 10.3. The van der Waals surface area contributed by atoms with E-state index in [4.69, 9.17) is 0 Å². The average Bonchev–Trinajstić information content (AvgIpc) is 2.26. The molecule has 5 heteroatoms. The molecule has 4 nitrogen and oxygen atoms in total. The topological polar surface area (TPSA) is 49.4 Å². The zero-order valence-electron chi connectivity index (χ0n) is 13.2. The van der Waals surface area contributed by atoms with E-state index in [0.717, 1.165) is 5.69 Å². The van der Waals surface area contributed by atoms with Gasteiger partial charge in [0.25, 0.3) is 0 Å². The summed E-state index contributed by atoms with van der Waals surface area (Å²) in [6, 6.07) is 7.15. The Balaban J connectivity index is 3.09. The molecule has 20 heavy (non-hydrogen) atoms. The molecule has 0 amide bonds. The minimum Gasteiger partial charge on any atom is -0.383 e. The highest BCUT2D eigenvalue weighted by atomic mass is 32.2. The Kier molecular flexibility index (Phi) is 5.59. The number of anilines is 1. The summed E-state index contributed by atoms with van der Waals surface area (Å²) in [7, 11) is -3.44. The first-order chi connectivity index (χ1) is 9.16. The zero-order chi connectivity index (χ0) is 15.5. The van der Waals surface area contributed by atoms with Crippen LogP contribution in [0.4, 0.5) is 5.69 Å². The van der Waals surface area contributed by atoms with E-state index < -0.39 is 10.0 Å². The summed E-state index contributed by atoms with van der Waals surface area (Å²) >= 11 is 0. The lowest BCUT2D eigenvalue weighted by Gasteiger charge is -2.29. The monoisotopic (exact) mass is 298 g/mol. The summed E-state index contributed by atoms with van der Waals surface area (Å²) in [5.41, 5.74) is 0.930. The van der Waals surface area contributed by atoms with Crippen LogP contribution in [-0.2, 0) is 10.0 Å². The molecular formula is C15H26N2O2S. The Hall–Kier alpha value is -1.07. The maximum atomic E-state index is 12.7. The second-order valence-corrected chi connectivity index (χ2v) is 7.69. The third-order valence-electron chi connectivity index (χ3n) is 2.90. The number of benzene rings is 1. The van der Waals surface area contributed by atoms with E-state index in [9.17, 15) is 8.42 Å². The van der Waals surface area contributed by atoms with Crippen LogP contribution in [0, 0.1) is 0 Å². The number of hydrogen-bond donors (Lipinski definition) is 1. The van der Waals surface area contributed by atoms with Gasteiger partial charge in [0.05, 0.1) is 4.90 Å². The Morgan fingerprint density at radius 2 is 1.35 bits per heavy atom. The van der Waals surface area contributed by atoms with Crippen molar-refractivity contribution < 1.29 is 8.42 Å². The average molecular weight is 298 g/mol. The first-order valence-electron chi connectivity index (χ1n) is 7.06. The highest BCUT2D eigenvalue weighted by Gasteiger charge is 2.29. The van der Waals surface area contributed by atoms with E-state index in [0.29, 0.717) is 10.9 Å². The van der Waals surface area contributed by atoms with Crippen molar-refractivity contribution in [2.45, 2.75) is 64.6 Å². The Labute approximate surface area is 123 Å². The van der Waals surface area contributed by atoms with Gasteiger partial charge in [0.15, 0.2) is 0 Å². The number of sulfonamides is 1. The Bertz CT molecular complexity index is 511. The highest BCUT2D eigenvalue weighted by Crippen LogP contribution is 2.22. The van der Waals surface area contributed by atoms with Crippen molar-refractivity contribution in [2.24, 2.45) is 0 Å². The van der Waals surface area contributed by atoms with Crippen LogP contribution in [0.3, 0.4) is 0 Å². The van der Waals surface area contributed by atoms with Crippen molar-refractivity contribution in [3.05, 3.63) is 24.3 Å². The van der Waals surface area contributed by atoms with Crippen molar-refractivity contribution in [3.63, 3.8) is 0 Å². The minimum absolute atomic E-state index is 0.0616. The summed E-state index contributed by atoms with van der Waals surface area (Å²) in [6.07, 6.45) is 0. The van der Waals surface area contributed by atoms with E-state index in [-0.39, 0.29) is 12.1 Å². The summed E-state index contributed by atoms with van der Waals surface area (Å²) in [6.45, 7) is 11.7. The molecule has 114 valence electrons. The number of rotatable bonds is 6. The first kappa shape index (κ1) is 17.0. The molecule has 0 atom stereocenters. The fourth-order valence-corrected chi connectivity index (χ4v) is 4.16. The molecule has 1 rings (SSSR count). The predicted octanol–water partition coefficient (Wildman–Crippen LogP) is 3.31. The summed E-state index contributed by atoms with van der Waals surface area (Å²) in [5.74, 6) is 0. The molecule has 1 aromatic carbocycles. The molecule has 0 saturated heterocycles.